The molecule has 19 heavy (non-hydrogen) atoms. The average molecular weight is 280 g/mol. The molecule has 0 aliphatic heterocycles. The molecule has 2 rings (SSSR count). The maximum Gasteiger partial charge on any atom is 0.230 e. The van der Waals surface area contributed by atoms with E-state index < -0.39 is 0 Å². The monoisotopic (exact) mass is 279 g/mol. The number of hydrogen-bond acceptors (Lipinski definition) is 1. The summed E-state index contributed by atoms with van der Waals surface area (Å²) < 4.78 is 0. The van der Waals surface area contributed by atoms with Crippen LogP contribution in [0.5, 0.6) is 0 Å². The van der Waals surface area contributed by atoms with Crippen LogP contribution in [0, 0.1) is 0 Å². The molecule has 1 aliphatic carbocycles. The first-order valence-electron chi connectivity index (χ1n) is 7.15. The zero-order valence-electron chi connectivity index (χ0n) is 11.7. The third-order valence-electron chi connectivity index (χ3n) is 4.28. The highest BCUT2D eigenvalue weighted by Gasteiger charge is 2.42. The quantitative estimate of drug-likeness (QED) is 0.884. The number of benzene rings is 1. The van der Waals surface area contributed by atoms with Crippen molar-refractivity contribution in [3.05, 3.63) is 34.9 Å². The Kier molecular flexibility index (Phi) is 4.51. The molecule has 2 nitrogen and oxygen atoms in total. The van der Waals surface area contributed by atoms with Crippen LogP contribution in [-0.2, 0) is 10.2 Å². The normalized spacial score (nSPS) is 19.1. The summed E-state index contributed by atoms with van der Waals surface area (Å²) in [5.74, 6) is 0.182. The van der Waals surface area contributed by atoms with Gasteiger partial charge in [-0.25, -0.2) is 0 Å². The summed E-state index contributed by atoms with van der Waals surface area (Å²) in [4.78, 5) is 12.7. The van der Waals surface area contributed by atoms with Gasteiger partial charge >= 0.3 is 0 Å². The lowest BCUT2D eigenvalue weighted by Crippen LogP contribution is -2.45. The standard InChI is InChI=1S/C16H22ClNO/c1-3-12(2)18-15(19)16(10-4-5-11-16)13-6-8-14(17)9-7-13/h6-9,12H,3-5,10-11H2,1-2H3,(H,18,19). The maximum atomic E-state index is 12.7. The second kappa shape index (κ2) is 5.96. The second-order valence-electron chi connectivity index (χ2n) is 5.58. The number of nitrogens with one attached hydrogen (secondary N) is 1. The molecule has 1 N–H and O–H groups in total. The van der Waals surface area contributed by atoms with Gasteiger partial charge in [-0.05, 0) is 43.9 Å². The van der Waals surface area contributed by atoms with E-state index in [4.69, 9.17) is 11.6 Å². The second-order valence-corrected chi connectivity index (χ2v) is 6.02. The molecule has 0 bridgehead atoms. The molecule has 0 saturated heterocycles. The van der Waals surface area contributed by atoms with Crippen LogP contribution in [-0.4, -0.2) is 11.9 Å². The van der Waals surface area contributed by atoms with Crippen LogP contribution >= 0.6 is 11.6 Å². The van der Waals surface area contributed by atoms with Gasteiger partial charge in [-0.1, -0.05) is 43.5 Å². The van der Waals surface area contributed by atoms with Crippen LogP contribution in [0.2, 0.25) is 5.02 Å². The Balaban J connectivity index is 2.27. The van der Waals surface area contributed by atoms with Gasteiger partial charge in [0.2, 0.25) is 5.91 Å². The van der Waals surface area contributed by atoms with Crippen LogP contribution in [0.15, 0.2) is 24.3 Å². The number of rotatable bonds is 4. The van der Waals surface area contributed by atoms with E-state index in [0.717, 1.165) is 42.7 Å². The average Bonchev–Trinajstić information content (AvgIpc) is 2.90. The fourth-order valence-corrected chi connectivity index (χ4v) is 2.98. The first-order valence-corrected chi connectivity index (χ1v) is 7.53. The molecule has 3 heteroatoms. The fourth-order valence-electron chi connectivity index (χ4n) is 2.86. The van der Waals surface area contributed by atoms with Crippen molar-refractivity contribution in [3.8, 4) is 0 Å². The lowest BCUT2D eigenvalue weighted by molar-refractivity contribution is -0.127. The van der Waals surface area contributed by atoms with E-state index in [2.05, 4.69) is 19.2 Å². The van der Waals surface area contributed by atoms with Crippen LogP contribution in [0.1, 0.15) is 51.5 Å². The third kappa shape index (κ3) is 2.94. The summed E-state index contributed by atoms with van der Waals surface area (Å²) in [7, 11) is 0. The Hall–Kier alpha value is -1.02. The molecule has 1 fully saturated rings. The van der Waals surface area contributed by atoms with Gasteiger partial charge in [0.1, 0.15) is 0 Å². The van der Waals surface area contributed by atoms with Gasteiger partial charge in [0.15, 0.2) is 0 Å². The van der Waals surface area contributed by atoms with Crippen molar-refractivity contribution in [1.82, 2.24) is 5.32 Å². The van der Waals surface area contributed by atoms with Crippen molar-refractivity contribution in [2.75, 3.05) is 0 Å². The first kappa shape index (κ1) is 14.4. The molecule has 0 radical (unpaired) electrons. The predicted octanol–water partition coefficient (Wildman–Crippen LogP) is 4.07. The number of hydrogen-bond donors (Lipinski definition) is 1. The number of carbonyl (C=O) groups excluding carboxylic acids is 1. The van der Waals surface area contributed by atoms with Crippen LogP contribution in [0.4, 0.5) is 0 Å². The van der Waals surface area contributed by atoms with Crippen LogP contribution in [0.25, 0.3) is 0 Å². The van der Waals surface area contributed by atoms with E-state index in [0.29, 0.717) is 0 Å². The van der Waals surface area contributed by atoms with E-state index in [1.807, 2.05) is 24.3 Å². The van der Waals surface area contributed by atoms with E-state index >= 15 is 0 Å². The van der Waals surface area contributed by atoms with Crippen molar-refractivity contribution in [2.24, 2.45) is 0 Å². The highest BCUT2D eigenvalue weighted by atomic mass is 35.5. The molecule has 1 aromatic carbocycles. The van der Waals surface area contributed by atoms with E-state index in [1.165, 1.54) is 0 Å². The van der Waals surface area contributed by atoms with Gasteiger partial charge in [0.25, 0.3) is 0 Å². The Bertz CT molecular complexity index is 435. The summed E-state index contributed by atoms with van der Waals surface area (Å²) >= 11 is 5.95. The molecular formula is C16H22ClNO. The highest BCUT2D eigenvalue weighted by molar-refractivity contribution is 6.30. The molecule has 1 atom stereocenters. The Morgan fingerprint density at radius 3 is 2.42 bits per heavy atom. The fraction of sp³-hybridized carbons (Fsp3) is 0.562. The largest absolute Gasteiger partial charge is 0.353 e. The molecule has 1 saturated carbocycles. The summed E-state index contributed by atoms with van der Waals surface area (Å²) in [5.41, 5.74) is 0.767. The minimum Gasteiger partial charge on any atom is -0.353 e. The first-order chi connectivity index (χ1) is 9.08. The Morgan fingerprint density at radius 2 is 1.89 bits per heavy atom. The smallest absolute Gasteiger partial charge is 0.230 e. The molecule has 1 unspecified atom stereocenters. The van der Waals surface area contributed by atoms with Gasteiger partial charge in [-0.2, -0.15) is 0 Å². The van der Waals surface area contributed by atoms with Crippen LogP contribution in [0.3, 0.4) is 0 Å². The topological polar surface area (TPSA) is 29.1 Å². The van der Waals surface area contributed by atoms with E-state index in [-0.39, 0.29) is 17.4 Å². The molecule has 0 heterocycles. The van der Waals surface area contributed by atoms with Gasteiger partial charge in [0.05, 0.1) is 5.41 Å². The SMILES string of the molecule is CCC(C)NC(=O)C1(c2ccc(Cl)cc2)CCCC1. The van der Waals surface area contributed by atoms with Crippen molar-refractivity contribution >= 4 is 17.5 Å². The van der Waals surface area contributed by atoms with Crippen molar-refractivity contribution in [2.45, 2.75) is 57.4 Å². The molecular weight excluding hydrogens is 258 g/mol. The molecule has 0 spiro atoms. The summed E-state index contributed by atoms with van der Waals surface area (Å²) in [6.45, 7) is 4.15. The minimum atomic E-state index is -0.339. The van der Waals surface area contributed by atoms with E-state index in [9.17, 15) is 4.79 Å². The van der Waals surface area contributed by atoms with Crippen molar-refractivity contribution < 1.29 is 4.79 Å². The lowest BCUT2D eigenvalue weighted by Gasteiger charge is -2.30. The summed E-state index contributed by atoms with van der Waals surface area (Å²) in [6, 6.07) is 8.01. The lowest BCUT2D eigenvalue weighted by atomic mass is 9.78. The van der Waals surface area contributed by atoms with Gasteiger partial charge in [-0.3, -0.25) is 4.79 Å². The molecule has 1 amide bonds. The van der Waals surface area contributed by atoms with E-state index in [1.54, 1.807) is 0 Å². The molecule has 0 aromatic heterocycles. The number of amides is 1. The minimum absolute atomic E-state index is 0.182. The van der Waals surface area contributed by atoms with Crippen molar-refractivity contribution in [1.29, 1.82) is 0 Å². The molecule has 104 valence electrons. The van der Waals surface area contributed by atoms with Crippen molar-refractivity contribution in [3.63, 3.8) is 0 Å². The highest BCUT2D eigenvalue weighted by Crippen LogP contribution is 2.41. The number of carbonyl (C=O) groups is 1. The zero-order valence-corrected chi connectivity index (χ0v) is 12.5. The third-order valence-corrected chi connectivity index (χ3v) is 4.53. The van der Waals surface area contributed by atoms with Crippen LogP contribution < -0.4 is 5.32 Å². The zero-order chi connectivity index (χ0) is 13.9. The predicted molar refractivity (Wildman–Crippen MR) is 79.5 cm³/mol. The Morgan fingerprint density at radius 1 is 1.32 bits per heavy atom. The summed E-state index contributed by atoms with van der Waals surface area (Å²) in [5, 5.41) is 3.88. The van der Waals surface area contributed by atoms with Gasteiger partial charge in [-0.15, -0.1) is 0 Å². The van der Waals surface area contributed by atoms with Gasteiger partial charge < -0.3 is 5.32 Å². The van der Waals surface area contributed by atoms with Gasteiger partial charge in [0, 0.05) is 11.1 Å². The number of halogens is 1. The molecule has 1 aliphatic rings. The molecule has 1 aromatic rings. The Labute approximate surface area is 120 Å². The summed E-state index contributed by atoms with van der Waals surface area (Å²) in [6.07, 6.45) is 5.09. The maximum absolute atomic E-state index is 12.7.